The van der Waals surface area contributed by atoms with Crippen LogP contribution in [-0.2, 0) is 4.74 Å². The first kappa shape index (κ1) is 25.8. The molecule has 1 N–H and O–H groups in total. The molecule has 33 heavy (non-hydrogen) atoms. The number of halogens is 4. The number of nitrogens with zero attached hydrogens (tertiary/aromatic N) is 3. The molecular formula is C21H28ClF3N4O3S. The van der Waals surface area contributed by atoms with E-state index in [4.69, 9.17) is 4.74 Å². The molecule has 2 heterocycles. The van der Waals surface area contributed by atoms with Crippen molar-refractivity contribution in [1.82, 2.24) is 15.2 Å². The first-order valence-corrected chi connectivity index (χ1v) is 11.7. The lowest BCUT2D eigenvalue weighted by Crippen LogP contribution is -2.49. The molecule has 0 atom stereocenters. The van der Waals surface area contributed by atoms with Gasteiger partial charge in [0.25, 0.3) is 0 Å². The van der Waals surface area contributed by atoms with Crippen LogP contribution < -0.4 is 15.0 Å². The van der Waals surface area contributed by atoms with Crippen molar-refractivity contribution in [3.63, 3.8) is 0 Å². The first-order valence-electron chi connectivity index (χ1n) is 10.9. The van der Waals surface area contributed by atoms with Crippen LogP contribution in [0.15, 0.2) is 18.2 Å². The molecule has 1 saturated carbocycles. The Bertz CT molecular complexity index is 918. The molecule has 0 radical (unpaired) electrons. The number of amides is 2. The summed E-state index contributed by atoms with van der Waals surface area (Å²) in [6.45, 7) is 4.03. The molecule has 0 unspecified atom stereocenters. The monoisotopic (exact) mass is 508 g/mol. The molecule has 1 aromatic carbocycles. The van der Waals surface area contributed by atoms with Crippen molar-refractivity contribution in [3.8, 4) is 5.75 Å². The highest BCUT2D eigenvalue weighted by atomic mass is 35.5. The standard InChI is InChI=1S/C21H27F3N4O3S.ClH/c22-21(23,24)31-16-6-7-17-18(14-16)32-20(26-17)28(9-8-27-10-12-30-13-11-27)19(29)25-15-4-2-1-3-5-15;/h6-7,14-15H,1-5,8-13H2,(H,25,29);1H. The van der Waals surface area contributed by atoms with Gasteiger partial charge in [-0.25, -0.2) is 9.78 Å². The van der Waals surface area contributed by atoms with Crippen LogP contribution in [0.2, 0.25) is 0 Å². The number of alkyl halides is 3. The average Bonchev–Trinajstić information content (AvgIpc) is 3.17. The maximum atomic E-state index is 13.2. The maximum Gasteiger partial charge on any atom is 0.573 e. The van der Waals surface area contributed by atoms with E-state index in [0.29, 0.717) is 41.7 Å². The number of ether oxygens (including phenoxy) is 2. The lowest BCUT2D eigenvalue weighted by Gasteiger charge is -2.30. The predicted octanol–water partition coefficient (Wildman–Crippen LogP) is 4.80. The smallest absolute Gasteiger partial charge is 0.406 e. The summed E-state index contributed by atoms with van der Waals surface area (Å²) in [7, 11) is 0. The molecule has 184 valence electrons. The summed E-state index contributed by atoms with van der Waals surface area (Å²) in [5, 5.41) is 3.59. The maximum absolute atomic E-state index is 13.2. The molecule has 1 aromatic heterocycles. The third-order valence-corrected chi connectivity index (χ3v) is 6.78. The normalized spacial score (nSPS) is 18.0. The number of fused-ring (bicyclic) bond motifs is 1. The van der Waals surface area contributed by atoms with Crippen LogP contribution in [0.4, 0.5) is 23.1 Å². The molecule has 1 aliphatic heterocycles. The molecule has 7 nitrogen and oxygen atoms in total. The van der Waals surface area contributed by atoms with Gasteiger partial charge in [0.15, 0.2) is 5.13 Å². The van der Waals surface area contributed by atoms with Crippen molar-refractivity contribution in [2.24, 2.45) is 0 Å². The molecular weight excluding hydrogens is 481 g/mol. The third kappa shape index (κ3) is 7.33. The first-order chi connectivity index (χ1) is 15.4. The lowest BCUT2D eigenvalue weighted by molar-refractivity contribution is -0.274. The minimum atomic E-state index is -4.76. The molecule has 2 amide bonds. The molecule has 2 aromatic rings. The van der Waals surface area contributed by atoms with Crippen LogP contribution in [0.25, 0.3) is 10.2 Å². The molecule has 4 rings (SSSR count). The van der Waals surface area contributed by atoms with Gasteiger partial charge < -0.3 is 14.8 Å². The number of anilines is 1. The van der Waals surface area contributed by atoms with E-state index < -0.39 is 6.36 Å². The Balaban J connectivity index is 0.00000306. The second-order valence-corrected chi connectivity index (χ2v) is 9.07. The summed E-state index contributed by atoms with van der Waals surface area (Å²) >= 11 is 1.19. The van der Waals surface area contributed by atoms with E-state index in [1.54, 1.807) is 4.90 Å². The number of urea groups is 1. The number of morpholine rings is 1. The second kappa shape index (κ2) is 11.5. The van der Waals surface area contributed by atoms with Crippen molar-refractivity contribution in [2.75, 3.05) is 44.3 Å². The molecule has 1 aliphatic carbocycles. The van der Waals surface area contributed by atoms with Gasteiger partial charge in [-0.1, -0.05) is 30.6 Å². The summed E-state index contributed by atoms with van der Waals surface area (Å²) in [6.07, 6.45) is 0.546. The van der Waals surface area contributed by atoms with Crippen molar-refractivity contribution in [3.05, 3.63) is 18.2 Å². The van der Waals surface area contributed by atoms with Crippen molar-refractivity contribution >= 4 is 45.1 Å². The van der Waals surface area contributed by atoms with Crippen LogP contribution >= 0.6 is 23.7 Å². The van der Waals surface area contributed by atoms with E-state index in [9.17, 15) is 18.0 Å². The molecule has 2 fully saturated rings. The quantitative estimate of drug-likeness (QED) is 0.607. The summed E-state index contributed by atoms with van der Waals surface area (Å²) < 4.78 is 47.7. The highest BCUT2D eigenvalue weighted by Crippen LogP contribution is 2.33. The van der Waals surface area contributed by atoms with Crippen LogP contribution in [0.1, 0.15) is 32.1 Å². The van der Waals surface area contributed by atoms with Crippen molar-refractivity contribution in [2.45, 2.75) is 44.5 Å². The fraction of sp³-hybridized carbons (Fsp3) is 0.619. The Morgan fingerprint density at radius 1 is 1.24 bits per heavy atom. The summed E-state index contributed by atoms with van der Waals surface area (Å²) in [5.74, 6) is -0.299. The number of hydrogen-bond acceptors (Lipinski definition) is 6. The Morgan fingerprint density at radius 2 is 1.97 bits per heavy atom. The summed E-state index contributed by atoms with van der Waals surface area (Å²) in [5.41, 5.74) is 0.529. The molecule has 2 aliphatic rings. The van der Waals surface area contributed by atoms with Gasteiger partial charge >= 0.3 is 12.4 Å². The number of carbonyl (C=O) groups excluding carboxylic acids is 1. The van der Waals surface area contributed by atoms with Gasteiger partial charge in [-0.15, -0.1) is 25.6 Å². The summed E-state index contributed by atoms with van der Waals surface area (Å²) in [4.78, 5) is 21.6. The number of carbonyl (C=O) groups is 1. The van der Waals surface area contributed by atoms with Crippen LogP contribution in [-0.4, -0.2) is 67.7 Å². The van der Waals surface area contributed by atoms with Crippen molar-refractivity contribution < 1.29 is 27.4 Å². The molecule has 12 heteroatoms. The molecule has 0 spiro atoms. The van der Waals surface area contributed by atoms with Crippen LogP contribution in [0, 0.1) is 0 Å². The largest absolute Gasteiger partial charge is 0.573 e. The van der Waals surface area contributed by atoms with E-state index in [-0.39, 0.29) is 30.2 Å². The highest BCUT2D eigenvalue weighted by molar-refractivity contribution is 7.22. The highest BCUT2D eigenvalue weighted by Gasteiger charge is 2.31. The fourth-order valence-corrected chi connectivity index (χ4v) is 5.07. The SMILES string of the molecule is Cl.O=C(NC1CCCCC1)N(CCN1CCOCC1)c1nc2ccc(OC(F)(F)F)cc2s1. The Hall–Kier alpha value is -1.82. The lowest BCUT2D eigenvalue weighted by atomic mass is 9.96. The van der Waals surface area contributed by atoms with E-state index in [1.165, 1.54) is 36.0 Å². The van der Waals surface area contributed by atoms with Crippen LogP contribution in [0.5, 0.6) is 5.75 Å². The van der Waals surface area contributed by atoms with E-state index in [2.05, 4.69) is 19.9 Å². The van der Waals surface area contributed by atoms with Gasteiger partial charge in [0.1, 0.15) is 5.75 Å². The minimum Gasteiger partial charge on any atom is -0.406 e. The van der Waals surface area contributed by atoms with E-state index in [0.717, 1.165) is 38.8 Å². The van der Waals surface area contributed by atoms with Gasteiger partial charge in [-0.3, -0.25) is 9.80 Å². The fourth-order valence-electron chi connectivity index (χ4n) is 4.06. The van der Waals surface area contributed by atoms with Gasteiger partial charge in [0.05, 0.1) is 23.4 Å². The minimum absolute atomic E-state index is 0. The number of rotatable bonds is 6. The van der Waals surface area contributed by atoms with Crippen molar-refractivity contribution in [1.29, 1.82) is 0 Å². The zero-order valence-corrected chi connectivity index (χ0v) is 19.7. The number of hydrogen-bond donors (Lipinski definition) is 1. The Labute approximate surface area is 200 Å². The predicted molar refractivity (Wildman–Crippen MR) is 124 cm³/mol. The van der Waals surface area contributed by atoms with Gasteiger partial charge in [0, 0.05) is 38.3 Å². The number of benzene rings is 1. The van der Waals surface area contributed by atoms with Gasteiger partial charge in [-0.05, 0) is 25.0 Å². The number of nitrogens with one attached hydrogen (secondary N) is 1. The Kier molecular flexibility index (Phi) is 9.02. The van der Waals surface area contributed by atoms with Gasteiger partial charge in [-0.2, -0.15) is 0 Å². The molecule has 0 bridgehead atoms. The number of thiazole rings is 1. The third-order valence-electron chi connectivity index (χ3n) is 5.73. The molecule has 1 saturated heterocycles. The zero-order valence-electron chi connectivity index (χ0n) is 18.1. The van der Waals surface area contributed by atoms with E-state index >= 15 is 0 Å². The average molecular weight is 509 g/mol. The second-order valence-electron chi connectivity index (χ2n) is 8.06. The van der Waals surface area contributed by atoms with E-state index in [1.807, 2.05) is 0 Å². The Morgan fingerprint density at radius 3 is 2.67 bits per heavy atom. The zero-order chi connectivity index (χ0) is 22.6. The summed E-state index contributed by atoms with van der Waals surface area (Å²) in [6, 6.07) is 3.96. The van der Waals surface area contributed by atoms with Gasteiger partial charge in [0.2, 0.25) is 0 Å². The van der Waals surface area contributed by atoms with Crippen LogP contribution in [0.3, 0.4) is 0 Å². The number of aromatic nitrogens is 1. The topological polar surface area (TPSA) is 66.9 Å².